The van der Waals surface area contributed by atoms with Crippen molar-refractivity contribution < 1.29 is 9.90 Å². The van der Waals surface area contributed by atoms with Gasteiger partial charge in [-0.3, -0.25) is 9.59 Å². The number of nitrogens with two attached hydrogens (primary N) is 1. The van der Waals surface area contributed by atoms with Crippen molar-refractivity contribution in [1.29, 1.82) is 0 Å². The first-order valence-electron chi connectivity index (χ1n) is 5.17. The van der Waals surface area contributed by atoms with Gasteiger partial charge in [0, 0.05) is 17.0 Å². The predicted octanol–water partition coefficient (Wildman–Crippen LogP) is 0.482. The van der Waals surface area contributed by atoms with E-state index in [-0.39, 0.29) is 12.0 Å². The maximum atomic E-state index is 11.4. The number of carboxylic acids is 1. The van der Waals surface area contributed by atoms with Crippen LogP contribution in [0.15, 0.2) is 35.1 Å². The van der Waals surface area contributed by atoms with Crippen molar-refractivity contribution in [2.24, 2.45) is 5.73 Å². The number of para-hydroxylation sites is 1. The third-order valence-electron chi connectivity index (χ3n) is 2.59. The molecule has 5 nitrogen and oxygen atoms in total. The zero-order valence-electron chi connectivity index (χ0n) is 9.01. The van der Waals surface area contributed by atoms with Crippen LogP contribution in [0.25, 0.3) is 10.9 Å². The smallest absolute Gasteiger partial charge is 0.320 e. The van der Waals surface area contributed by atoms with Gasteiger partial charge in [-0.1, -0.05) is 18.2 Å². The zero-order valence-corrected chi connectivity index (χ0v) is 9.01. The number of aliphatic carboxylic acids is 1. The average molecular weight is 232 g/mol. The normalized spacial score (nSPS) is 12.5. The molecule has 0 aliphatic carbocycles. The highest BCUT2D eigenvalue weighted by Crippen LogP contribution is 2.15. The number of rotatable bonds is 3. The Morgan fingerprint density at radius 2 is 2.12 bits per heavy atom. The maximum absolute atomic E-state index is 11.4. The van der Waals surface area contributed by atoms with E-state index < -0.39 is 12.0 Å². The number of benzene rings is 1. The predicted molar refractivity (Wildman–Crippen MR) is 63.9 cm³/mol. The van der Waals surface area contributed by atoms with Crippen LogP contribution in [-0.2, 0) is 11.2 Å². The first-order valence-corrected chi connectivity index (χ1v) is 5.17. The minimum atomic E-state index is -1.07. The summed E-state index contributed by atoms with van der Waals surface area (Å²) in [4.78, 5) is 24.8. The number of hydrogen-bond donors (Lipinski definition) is 3. The average Bonchev–Trinajstić information content (AvgIpc) is 2.28. The number of carboxylic acid groups (broad SMARTS) is 1. The van der Waals surface area contributed by atoms with Crippen molar-refractivity contribution in [2.75, 3.05) is 0 Å². The standard InChI is InChI=1S/C12H12N2O3/c13-9(12(16)17)5-7-6-11(15)14-10-4-2-1-3-8(7)10/h1-4,6,9H,5,13H2,(H,14,15)(H,16,17). The molecule has 0 amide bonds. The number of carbonyl (C=O) groups is 1. The fourth-order valence-electron chi connectivity index (χ4n) is 1.77. The maximum Gasteiger partial charge on any atom is 0.320 e. The van der Waals surface area contributed by atoms with Crippen LogP contribution in [-0.4, -0.2) is 22.1 Å². The fourth-order valence-corrected chi connectivity index (χ4v) is 1.77. The van der Waals surface area contributed by atoms with E-state index in [9.17, 15) is 9.59 Å². The lowest BCUT2D eigenvalue weighted by molar-refractivity contribution is -0.138. The number of fused-ring (bicyclic) bond motifs is 1. The van der Waals surface area contributed by atoms with Crippen molar-refractivity contribution in [1.82, 2.24) is 4.98 Å². The largest absolute Gasteiger partial charge is 0.480 e. The van der Waals surface area contributed by atoms with E-state index in [2.05, 4.69) is 4.98 Å². The molecule has 0 aliphatic rings. The Labute approximate surface area is 96.9 Å². The molecule has 0 saturated carbocycles. The molecule has 1 atom stereocenters. The second kappa shape index (κ2) is 4.39. The Balaban J connectivity index is 2.52. The Bertz CT molecular complexity index is 618. The van der Waals surface area contributed by atoms with Crippen molar-refractivity contribution in [3.63, 3.8) is 0 Å². The van der Waals surface area contributed by atoms with Crippen LogP contribution < -0.4 is 11.3 Å². The summed E-state index contributed by atoms with van der Waals surface area (Å²) in [6.07, 6.45) is 0.139. The van der Waals surface area contributed by atoms with E-state index >= 15 is 0 Å². The lowest BCUT2D eigenvalue weighted by atomic mass is 10.0. The molecule has 1 unspecified atom stereocenters. The molecule has 0 radical (unpaired) electrons. The van der Waals surface area contributed by atoms with Gasteiger partial charge in [0.2, 0.25) is 5.56 Å². The number of pyridine rings is 1. The van der Waals surface area contributed by atoms with E-state index in [4.69, 9.17) is 10.8 Å². The highest BCUT2D eigenvalue weighted by atomic mass is 16.4. The molecule has 0 spiro atoms. The first-order chi connectivity index (χ1) is 8.08. The molecule has 1 aromatic heterocycles. The number of aromatic nitrogens is 1. The van der Waals surface area contributed by atoms with E-state index in [1.165, 1.54) is 6.07 Å². The SMILES string of the molecule is NC(Cc1cc(=O)[nH]c2ccccc12)C(=O)O. The van der Waals surface area contributed by atoms with Crippen LogP contribution in [0.3, 0.4) is 0 Å². The number of H-pyrrole nitrogens is 1. The van der Waals surface area contributed by atoms with Crippen molar-refractivity contribution in [3.8, 4) is 0 Å². The number of hydrogen-bond acceptors (Lipinski definition) is 3. The molecule has 1 heterocycles. The van der Waals surface area contributed by atoms with E-state index in [1.807, 2.05) is 12.1 Å². The van der Waals surface area contributed by atoms with Crippen LogP contribution in [0.5, 0.6) is 0 Å². The van der Waals surface area contributed by atoms with E-state index in [0.717, 1.165) is 5.39 Å². The Kier molecular flexibility index (Phi) is 2.93. The second-order valence-corrected chi connectivity index (χ2v) is 3.85. The van der Waals surface area contributed by atoms with Gasteiger partial charge < -0.3 is 15.8 Å². The Hall–Kier alpha value is -2.14. The topological polar surface area (TPSA) is 96.2 Å². The molecule has 0 fully saturated rings. The third-order valence-corrected chi connectivity index (χ3v) is 2.59. The van der Waals surface area contributed by atoms with Gasteiger partial charge in [0.25, 0.3) is 0 Å². The summed E-state index contributed by atoms with van der Waals surface area (Å²) in [5, 5.41) is 9.60. The molecule has 4 N–H and O–H groups in total. The summed E-state index contributed by atoms with van der Waals surface area (Å²) in [6.45, 7) is 0. The summed E-state index contributed by atoms with van der Waals surface area (Å²) in [6, 6.07) is 7.63. The second-order valence-electron chi connectivity index (χ2n) is 3.85. The van der Waals surface area contributed by atoms with Gasteiger partial charge in [0.05, 0.1) is 0 Å². The molecule has 0 bridgehead atoms. The van der Waals surface area contributed by atoms with Crippen LogP contribution in [0.4, 0.5) is 0 Å². The van der Waals surface area contributed by atoms with Crippen LogP contribution in [0.2, 0.25) is 0 Å². The van der Waals surface area contributed by atoms with Gasteiger partial charge in [0.15, 0.2) is 0 Å². The van der Waals surface area contributed by atoms with Crippen LogP contribution >= 0.6 is 0 Å². The molecule has 0 aliphatic heterocycles. The van der Waals surface area contributed by atoms with Crippen molar-refractivity contribution in [3.05, 3.63) is 46.2 Å². The van der Waals surface area contributed by atoms with Gasteiger partial charge in [-0.2, -0.15) is 0 Å². The van der Waals surface area contributed by atoms with Crippen molar-refractivity contribution >= 4 is 16.9 Å². The fraction of sp³-hybridized carbons (Fsp3) is 0.167. The lowest BCUT2D eigenvalue weighted by Gasteiger charge is -2.09. The molecular weight excluding hydrogens is 220 g/mol. The van der Waals surface area contributed by atoms with Gasteiger partial charge >= 0.3 is 5.97 Å². The number of aromatic amines is 1. The quantitative estimate of drug-likeness (QED) is 0.717. The zero-order chi connectivity index (χ0) is 12.4. The Morgan fingerprint density at radius 1 is 1.41 bits per heavy atom. The molecule has 0 saturated heterocycles. The molecule has 17 heavy (non-hydrogen) atoms. The summed E-state index contributed by atoms with van der Waals surface area (Å²) < 4.78 is 0. The molecule has 2 rings (SSSR count). The summed E-state index contributed by atoms with van der Waals surface area (Å²) >= 11 is 0. The van der Waals surface area contributed by atoms with Gasteiger partial charge in [-0.25, -0.2) is 0 Å². The highest BCUT2D eigenvalue weighted by Gasteiger charge is 2.14. The minimum absolute atomic E-state index is 0.139. The summed E-state index contributed by atoms with van der Waals surface area (Å²) in [5.74, 6) is -1.07. The molecular formula is C12H12N2O3. The molecule has 5 heteroatoms. The summed E-state index contributed by atoms with van der Waals surface area (Å²) in [7, 11) is 0. The minimum Gasteiger partial charge on any atom is -0.480 e. The van der Waals surface area contributed by atoms with Crippen molar-refractivity contribution in [2.45, 2.75) is 12.5 Å². The number of nitrogens with one attached hydrogen (secondary N) is 1. The van der Waals surface area contributed by atoms with E-state index in [1.54, 1.807) is 12.1 Å². The molecule has 88 valence electrons. The van der Waals surface area contributed by atoms with Gasteiger partial charge in [-0.15, -0.1) is 0 Å². The highest BCUT2D eigenvalue weighted by molar-refractivity contribution is 5.83. The Morgan fingerprint density at radius 3 is 2.82 bits per heavy atom. The van der Waals surface area contributed by atoms with Gasteiger partial charge in [-0.05, 0) is 18.1 Å². The van der Waals surface area contributed by atoms with Crippen LogP contribution in [0, 0.1) is 0 Å². The van der Waals surface area contributed by atoms with Gasteiger partial charge in [0.1, 0.15) is 6.04 Å². The monoisotopic (exact) mass is 232 g/mol. The lowest BCUT2D eigenvalue weighted by Crippen LogP contribution is -2.32. The summed E-state index contributed by atoms with van der Waals surface area (Å²) in [5.41, 5.74) is 6.56. The third kappa shape index (κ3) is 2.34. The first kappa shape index (κ1) is 11.3. The molecule has 1 aromatic carbocycles. The van der Waals surface area contributed by atoms with Crippen LogP contribution in [0.1, 0.15) is 5.56 Å². The van der Waals surface area contributed by atoms with E-state index in [0.29, 0.717) is 11.1 Å². The molecule has 2 aromatic rings.